The number of hydrogen-bond acceptors (Lipinski definition) is 8. The van der Waals surface area contributed by atoms with Crippen LogP contribution in [0.4, 0.5) is 5.69 Å². The number of aryl methyl sites for hydroxylation is 1. The minimum absolute atomic E-state index is 0.110. The van der Waals surface area contributed by atoms with Gasteiger partial charge < -0.3 is 9.47 Å². The third-order valence-corrected chi connectivity index (χ3v) is 6.72. The van der Waals surface area contributed by atoms with E-state index in [0.717, 1.165) is 11.3 Å². The highest BCUT2D eigenvalue weighted by molar-refractivity contribution is 7.07. The van der Waals surface area contributed by atoms with Crippen molar-refractivity contribution < 1.29 is 19.2 Å². The second-order valence-corrected chi connectivity index (χ2v) is 9.18. The molecular weight excluding hydrogens is 494 g/mol. The highest BCUT2D eigenvalue weighted by atomic mass is 32.1. The van der Waals surface area contributed by atoms with Gasteiger partial charge in [-0.05, 0) is 50.1 Å². The molecule has 1 aliphatic rings. The Morgan fingerprint density at radius 1 is 1.30 bits per heavy atom. The van der Waals surface area contributed by atoms with Crippen LogP contribution in [-0.2, 0) is 9.53 Å². The first kappa shape index (κ1) is 25.6. The van der Waals surface area contributed by atoms with E-state index in [4.69, 9.17) is 15.9 Å². The van der Waals surface area contributed by atoms with E-state index in [2.05, 4.69) is 10.9 Å². The van der Waals surface area contributed by atoms with Gasteiger partial charge in [0, 0.05) is 11.6 Å². The lowest BCUT2D eigenvalue weighted by atomic mass is 9.94. The Kier molecular flexibility index (Phi) is 7.36. The molecule has 4 rings (SSSR count). The average molecular weight is 518 g/mol. The first-order valence-corrected chi connectivity index (χ1v) is 12.2. The Bertz CT molecular complexity index is 1660. The maximum atomic E-state index is 13.7. The van der Waals surface area contributed by atoms with Gasteiger partial charge in [0.1, 0.15) is 12.4 Å². The Labute approximate surface area is 216 Å². The van der Waals surface area contributed by atoms with Gasteiger partial charge in [-0.1, -0.05) is 41.5 Å². The van der Waals surface area contributed by atoms with Crippen molar-refractivity contribution in [2.75, 3.05) is 13.2 Å². The predicted molar refractivity (Wildman–Crippen MR) is 139 cm³/mol. The number of nitro groups is 1. The molecule has 2 heterocycles. The molecule has 188 valence electrons. The number of nitrogens with zero attached hydrogens (tertiary/aromatic N) is 3. The van der Waals surface area contributed by atoms with Gasteiger partial charge in [-0.25, -0.2) is 9.79 Å². The SMILES string of the molecule is C#CCOc1cccc(/C=c2/sc3n(c2=O)[C@H](c2ccc(C)c([N+](=O)[O-])c2)C(C(=O)OCC)=C(C)N=3)c1. The second-order valence-electron chi connectivity index (χ2n) is 8.17. The lowest BCUT2D eigenvalue weighted by Crippen LogP contribution is -2.40. The number of benzene rings is 2. The lowest BCUT2D eigenvalue weighted by molar-refractivity contribution is -0.385. The summed E-state index contributed by atoms with van der Waals surface area (Å²) in [5.74, 6) is 2.33. The van der Waals surface area contributed by atoms with Crippen molar-refractivity contribution in [2.24, 2.45) is 4.99 Å². The number of carbonyl (C=O) groups excluding carboxylic acids is 1. The van der Waals surface area contributed by atoms with Crippen LogP contribution in [0.3, 0.4) is 0 Å². The van der Waals surface area contributed by atoms with Crippen LogP contribution in [-0.4, -0.2) is 28.7 Å². The molecule has 0 saturated carbocycles. The van der Waals surface area contributed by atoms with Gasteiger partial charge in [0.15, 0.2) is 4.80 Å². The summed E-state index contributed by atoms with van der Waals surface area (Å²) < 4.78 is 12.5. The van der Waals surface area contributed by atoms with Gasteiger partial charge in [-0.3, -0.25) is 19.5 Å². The van der Waals surface area contributed by atoms with Crippen LogP contribution in [0.25, 0.3) is 6.08 Å². The minimum atomic E-state index is -0.943. The van der Waals surface area contributed by atoms with Crippen LogP contribution in [0, 0.1) is 29.4 Å². The second kappa shape index (κ2) is 10.6. The zero-order chi connectivity index (χ0) is 26.7. The fraction of sp³-hybridized carbons (Fsp3) is 0.222. The number of rotatable bonds is 7. The van der Waals surface area contributed by atoms with Crippen molar-refractivity contribution >= 4 is 29.1 Å². The Morgan fingerprint density at radius 2 is 2.08 bits per heavy atom. The molecule has 0 N–H and O–H groups in total. The normalized spacial score (nSPS) is 15.0. The lowest BCUT2D eigenvalue weighted by Gasteiger charge is -2.24. The molecule has 1 aromatic heterocycles. The number of nitro benzene ring substituents is 1. The van der Waals surface area contributed by atoms with Gasteiger partial charge in [0.25, 0.3) is 11.2 Å². The Hall–Kier alpha value is -4.49. The average Bonchev–Trinajstić information content (AvgIpc) is 3.16. The number of aromatic nitrogens is 1. The summed E-state index contributed by atoms with van der Waals surface area (Å²) in [5.41, 5.74) is 1.62. The molecule has 0 fully saturated rings. The summed E-state index contributed by atoms with van der Waals surface area (Å²) in [4.78, 5) is 42.7. The molecule has 3 aromatic rings. The summed E-state index contributed by atoms with van der Waals surface area (Å²) in [6.07, 6.45) is 6.96. The van der Waals surface area contributed by atoms with E-state index >= 15 is 0 Å². The number of ether oxygens (including phenoxy) is 2. The quantitative estimate of drug-likeness (QED) is 0.206. The zero-order valence-corrected chi connectivity index (χ0v) is 21.2. The van der Waals surface area contributed by atoms with E-state index in [9.17, 15) is 19.7 Å². The van der Waals surface area contributed by atoms with E-state index in [0.29, 0.717) is 37.5 Å². The van der Waals surface area contributed by atoms with Gasteiger partial charge >= 0.3 is 5.97 Å². The molecule has 0 radical (unpaired) electrons. The molecule has 9 nitrogen and oxygen atoms in total. The standard InChI is InChI=1S/C27H23N3O6S/c1-5-12-36-20-9-7-8-18(13-20)14-22-25(31)29-24(19-11-10-16(3)21(15-19)30(33)34)23(26(32)35-6-2)17(4)28-27(29)37-22/h1,7-11,13-15,24H,6,12H2,2-4H3/b22-14+/t24-/m1/s1. The molecule has 0 spiro atoms. The molecule has 10 heteroatoms. The number of terminal acetylenes is 1. The van der Waals surface area contributed by atoms with Gasteiger partial charge in [-0.2, -0.15) is 0 Å². The van der Waals surface area contributed by atoms with Crippen LogP contribution in [0.1, 0.15) is 36.6 Å². The number of thiazole rings is 1. The molecule has 1 atom stereocenters. The van der Waals surface area contributed by atoms with Crippen molar-refractivity contribution in [2.45, 2.75) is 26.8 Å². The summed E-state index contributed by atoms with van der Waals surface area (Å²) in [6.45, 7) is 5.20. The van der Waals surface area contributed by atoms with Crippen molar-refractivity contribution in [3.8, 4) is 18.1 Å². The van der Waals surface area contributed by atoms with Crippen LogP contribution in [0.2, 0.25) is 0 Å². The Balaban J connectivity index is 1.93. The molecule has 0 unspecified atom stereocenters. The topological polar surface area (TPSA) is 113 Å². The number of allylic oxidation sites excluding steroid dienone is 1. The van der Waals surface area contributed by atoms with Crippen LogP contribution < -0.4 is 19.6 Å². The highest BCUT2D eigenvalue weighted by Gasteiger charge is 2.34. The van der Waals surface area contributed by atoms with Crippen LogP contribution >= 0.6 is 11.3 Å². The summed E-state index contributed by atoms with van der Waals surface area (Å²) in [7, 11) is 0. The fourth-order valence-corrected chi connectivity index (χ4v) is 5.12. The molecule has 0 saturated heterocycles. The number of esters is 1. The van der Waals surface area contributed by atoms with Crippen molar-refractivity contribution in [1.82, 2.24) is 4.57 Å². The van der Waals surface area contributed by atoms with E-state index in [1.165, 1.54) is 10.6 Å². The van der Waals surface area contributed by atoms with Crippen molar-refractivity contribution in [3.05, 3.63) is 100 Å². The van der Waals surface area contributed by atoms with E-state index in [1.54, 1.807) is 57.2 Å². The van der Waals surface area contributed by atoms with E-state index in [-0.39, 0.29) is 30.0 Å². The first-order valence-electron chi connectivity index (χ1n) is 11.4. The largest absolute Gasteiger partial charge is 0.481 e. The van der Waals surface area contributed by atoms with Gasteiger partial charge in [0.05, 0.1) is 33.4 Å². The summed E-state index contributed by atoms with van der Waals surface area (Å²) in [6, 6.07) is 10.8. The third kappa shape index (κ3) is 5.08. The highest BCUT2D eigenvalue weighted by Crippen LogP contribution is 2.33. The number of carbonyl (C=O) groups is 1. The maximum Gasteiger partial charge on any atom is 0.338 e. The number of fused-ring (bicyclic) bond motifs is 1. The molecule has 2 aromatic carbocycles. The molecule has 0 bridgehead atoms. The molecule has 0 amide bonds. The monoisotopic (exact) mass is 517 g/mol. The number of hydrogen-bond donors (Lipinski definition) is 0. The Morgan fingerprint density at radius 3 is 2.78 bits per heavy atom. The van der Waals surface area contributed by atoms with Crippen molar-refractivity contribution in [3.63, 3.8) is 0 Å². The minimum Gasteiger partial charge on any atom is -0.481 e. The van der Waals surface area contributed by atoms with Crippen molar-refractivity contribution in [1.29, 1.82) is 0 Å². The third-order valence-electron chi connectivity index (χ3n) is 5.74. The predicted octanol–water partition coefficient (Wildman–Crippen LogP) is 3.03. The summed E-state index contributed by atoms with van der Waals surface area (Å²) >= 11 is 1.16. The van der Waals surface area contributed by atoms with Gasteiger partial charge in [-0.15, -0.1) is 6.42 Å². The molecule has 1 aliphatic heterocycles. The maximum absolute atomic E-state index is 13.7. The molecule has 0 aliphatic carbocycles. The van der Waals surface area contributed by atoms with Crippen LogP contribution in [0.15, 0.2) is 63.5 Å². The molecule has 37 heavy (non-hydrogen) atoms. The van der Waals surface area contributed by atoms with Gasteiger partial charge in [0.2, 0.25) is 0 Å². The fourth-order valence-electron chi connectivity index (χ4n) is 4.07. The van der Waals surface area contributed by atoms with Crippen LogP contribution in [0.5, 0.6) is 5.75 Å². The summed E-state index contributed by atoms with van der Waals surface area (Å²) in [5, 5.41) is 11.6. The smallest absolute Gasteiger partial charge is 0.338 e. The molecular formula is C27H23N3O6S. The van der Waals surface area contributed by atoms with E-state index in [1.807, 2.05) is 6.07 Å². The van der Waals surface area contributed by atoms with E-state index < -0.39 is 16.9 Å². The first-order chi connectivity index (χ1) is 17.7. The zero-order valence-electron chi connectivity index (χ0n) is 20.4.